The van der Waals surface area contributed by atoms with Gasteiger partial charge in [0.25, 0.3) is 15.9 Å². The van der Waals surface area contributed by atoms with Gasteiger partial charge in [0.15, 0.2) is 0 Å². The highest BCUT2D eigenvalue weighted by Crippen LogP contribution is 2.35. The van der Waals surface area contributed by atoms with Crippen LogP contribution in [-0.2, 0) is 10.0 Å². The van der Waals surface area contributed by atoms with Crippen molar-refractivity contribution in [2.45, 2.75) is 4.90 Å². The lowest BCUT2D eigenvalue weighted by Crippen LogP contribution is -2.18. The van der Waals surface area contributed by atoms with Crippen LogP contribution < -0.4 is 14.9 Å². The van der Waals surface area contributed by atoms with E-state index in [9.17, 15) is 18.0 Å². The highest BCUT2D eigenvalue weighted by Gasteiger charge is 2.19. The molecular weight excluding hydrogens is 605 g/mol. The maximum absolute atomic E-state index is 12.6. The number of anilines is 1. The molecule has 0 radical (unpaired) electrons. The first-order valence-electron chi connectivity index (χ1n) is 11.9. The van der Waals surface area contributed by atoms with Crippen LogP contribution in [0.2, 0.25) is 10.0 Å². The van der Waals surface area contributed by atoms with Crippen LogP contribution in [0.4, 0.5) is 5.69 Å². The van der Waals surface area contributed by atoms with E-state index in [2.05, 4.69) is 15.2 Å². The Morgan fingerprint density at radius 3 is 2.22 bits per heavy atom. The van der Waals surface area contributed by atoms with Crippen molar-refractivity contribution in [1.29, 1.82) is 0 Å². The Morgan fingerprint density at radius 2 is 1.54 bits per heavy atom. The molecule has 0 bridgehead atoms. The van der Waals surface area contributed by atoms with E-state index in [0.717, 1.165) is 10.1 Å². The van der Waals surface area contributed by atoms with Crippen molar-refractivity contribution < 1.29 is 22.7 Å². The van der Waals surface area contributed by atoms with Gasteiger partial charge < -0.3 is 4.74 Å². The molecule has 0 atom stereocenters. The molecule has 0 saturated heterocycles. The molecule has 0 fully saturated rings. The Kier molecular flexibility index (Phi) is 8.36. The molecule has 4 aromatic carbocycles. The van der Waals surface area contributed by atoms with E-state index in [0.29, 0.717) is 26.2 Å². The number of carbonyl (C=O) groups is 2. The standard InChI is InChI=1S/C29H19Cl2N3O5S2/c30-20-9-15-23(16-10-20)41(37,38)34-21-11-7-19(8-12-21)28(35)33-32-17-18-5-13-22(14-6-18)39-29(36)27-26(31)24-3-1-2-4-25(24)40-27/h1-17,34H,(H,33,35)/b32-17-. The lowest BCUT2D eigenvalue weighted by Gasteiger charge is -2.09. The number of esters is 1. The summed E-state index contributed by atoms with van der Waals surface area (Å²) in [6.07, 6.45) is 1.43. The average Bonchev–Trinajstić information content (AvgIpc) is 3.31. The summed E-state index contributed by atoms with van der Waals surface area (Å²) in [6, 6.07) is 25.7. The fourth-order valence-corrected chi connectivity index (χ4v) is 6.24. The van der Waals surface area contributed by atoms with E-state index >= 15 is 0 Å². The number of rotatable bonds is 8. The molecule has 0 spiro atoms. The summed E-state index contributed by atoms with van der Waals surface area (Å²) < 4.78 is 33.8. The number of fused-ring (bicyclic) bond motifs is 1. The first-order valence-corrected chi connectivity index (χ1v) is 15.0. The van der Waals surface area contributed by atoms with Crippen LogP contribution in [0.15, 0.2) is 107 Å². The fraction of sp³-hybridized carbons (Fsp3) is 0. The number of sulfonamides is 1. The van der Waals surface area contributed by atoms with E-state index < -0.39 is 21.9 Å². The third-order valence-electron chi connectivity index (χ3n) is 5.71. The number of hydrogen-bond acceptors (Lipinski definition) is 7. The van der Waals surface area contributed by atoms with Crippen LogP contribution in [0.1, 0.15) is 25.6 Å². The summed E-state index contributed by atoms with van der Waals surface area (Å²) in [4.78, 5) is 25.5. The molecule has 1 aromatic heterocycles. The van der Waals surface area contributed by atoms with E-state index in [1.54, 1.807) is 24.3 Å². The van der Waals surface area contributed by atoms with Crippen molar-refractivity contribution >= 4 is 78.4 Å². The number of carbonyl (C=O) groups excluding carboxylic acids is 2. The van der Waals surface area contributed by atoms with Crippen molar-refractivity contribution in [3.05, 3.63) is 123 Å². The zero-order chi connectivity index (χ0) is 29.0. The minimum Gasteiger partial charge on any atom is -0.422 e. The Hall–Kier alpha value is -4.22. The monoisotopic (exact) mass is 623 g/mol. The number of halogens is 2. The molecule has 5 rings (SSSR count). The zero-order valence-corrected chi connectivity index (χ0v) is 24.0. The van der Waals surface area contributed by atoms with Crippen LogP contribution in [0.3, 0.4) is 0 Å². The Balaban J connectivity index is 1.15. The largest absolute Gasteiger partial charge is 0.422 e. The summed E-state index contributed by atoms with van der Waals surface area (Å²) in [6.45, 7) is 0. The molecule has 2 N–H and O–H groups in total. The highest BCUT2D eigenvalue weighted by molar-refractivity contribution is 7.92. The van der Waals surface area contributed by atoms with Crippen molar-refractivity contribution in [1.82, 2.24) is 5.43 Å². The molecule has 0 saturated carbocycles. The molecule has 8 nitrogen and oxygen atoms in total. The molecule has 0 aliphatic rings. The molecule has 0 aliphatic heterocycles. The number of hydrazone groups is 1. The fourth-order valence-electron chi connectivity index (χ4n) is 3.67. The van der Waals surface area contributed by atoms with Gasteiger partial charge in [0.1, 0.15) is 10.6 Å². The lowest BCUT2D eigenvalue weighted by molar-refractivity contribution is 0.0739. The minimum atomic E-state index is -3.81. The SMILES string of the molecule is O=C(N/N=C\c1ccc(OC(=O)c2sc3ccccc3c2Cl)cc1)c1ccc(NS(=O)(=O)c2ccc(Cl)cc2)cc1. The maximum Gasteiger partial charge on any atom is 0.355 e. The Morgan fingerprint density at radius 1 is 0.854 bits per heavy atom. The molecule has 1 amide bonds. The third-order valence-corrected chi connectivity index (χ3v) is 9.02. The van der Waals surface area contributed by atoms with Gasteiger partial charge >= 0.3 is 5.97 Å². The van der Waals surface area contributed by atoms with Gasteiger partial charge in [-0.2, -0.15) is 5.10 Å². The van der Waals surface area contributed by atoms with Gasteiger partial charge in [-0.1, -0.05) is 41.4 Å². The third kappa shape index (κ3) is 6.75. The smallest absolute Gasteiger partial charge is 0.355 e. The summed E-state index contributed by atoms with van der Waals surface area (Å²) >= 11 is 13.4. The first-order chi connectivity index (χ1) is 19.7. The van der Waals surface area contributed by atoms with Crippen molar-refractivity contribution in [2.24, 2.45) is 5.10 Å². The lowest BCUT2D eigenvalue weighted by atomic mass is 10.2. The van der Waals surface area contributed by atoms with E-state index in [4.69, 9.17) is 27.9 Å². The van der Waals surface area contributed by atoms with E-state index in [1.165, 1.54) is 66.1 Å². The Bertz CT molecular complexity index is 1870. The molecule has 5 aromatic rings. The van der Waals surface area contributed by atoms with Crippen LogP contribution in [0.25, 0.3) is 10.1 Å². The molecule has 0 unspecified atom stereocenters. The zero-order valence-electron chi connectivity index (χ0n) is 20.9. The number of amides is 1. The summed E-state index contributed by atoms with van der Waals surface area (Å²) in [5.41, 5.74) is 3.63. The van der Waals surface area contributed by atoms with Crippen molar-refractivity contribution in [3.8, 4) is 5.75 Å². The van der Waals surface area contributed by atoms with Gasteiger partial charge in [-0.15, -0.1) is 11.3 Å². The molecular formula is C29H19Cl2N3O5S2. The number of nitrogens with zero attached hydrogens (tertiary/aromatic N) is 1. The number of nitrogens with one attached hydrogen (secondary N) is 2. The molecule has 206 valence electrons. The Labute approximate surface area is 249 Å². The molecule has 0 aliphatic carbocycles. The van der Waals surface area contributed by atoms with Crippen LogP contribution in [0.5, 0.6) is 5.75 Å². The van der Waals surface area contributed by atoms with Crippen molar-refractivity contribution in [2.75, 3.05) is 4.72 Å². The highest BCUT2D eigenvalue weighted by atomic mass is 35.5. The second-order valence-electron chi connectivity index (χ2n) is 8.54. The predicted octanol–water partition coefficient (Wildman–Crippen LogP) is 6.99. The van der Waals surface area contributed by atoms with Gasteiger partial charge in [-0.25, -0.2) is 18.6 Å². The number of benzene rings is 4. The second kappa shape index (κ2) is 12.1. The van der Waals surface area contributed by atoms with Crippen LogP contribution >= 0.6 is 34.5 Å². The number of ether oxygens (including phenoxy) is 1. The topological polar surface area (TPSA) is 114 Å². The number of hydrogen-bond donors (Lipinski definition) is 2. The summed E-state index contributed by atoms with van der Waals surface area (Å²) in [7, 11) is -3.81. The maximum atomic E-state index is 12.6. The van der Waals surface area contributed by atoms with Crippen molar-refractivity contribution in [3.63, 3.8) is 0 Å². The summed E-state index contributed by atoms with van der Waals surface area (Å²) in [5.74, 6) is -0.704. The van der Waals surface area contributed by atoms with E-state index in [-0.39, 0.29) is 16.1 Å². The van der Waals surface area contributed by atoms with E-state index in [1.807, 2.05) is 24.3 Å². The van der Waals surface area contributed by atoms with Crippen LogP contribution in [0, 0.1) is 0 Å². The average molecular weight is 625 g/mol. The predicted molar refractivity (Wildman–Crippen MR) is 162 cm³/mol. The second-order valence-corrected chi connectivity index (χ2v) is 12.1. The normalized spacial score (nSPS) is 11.5. The summed E-state index contributed by atoms with van der Waals surface area (Å²) in [5, 5.41) is 5.54. The molecule has 1 heterocycles. The molecule has 41 heavy (non-hydrogen) atoms. The minimum absolute atomic E-state index is 0.0600. The number of thiophene rings is 1. The van der Waals surface area contributed by atoms with Crippen LogP contribution in [-0.4, -0.2) is 26.5 Å². The molecule has 12 heteroatoms. The van der Waals surface area contributed by atoms with Gasteiger partial charge in [0, 0.05) is 26.4 Å². The quantitative estimate of drug-likeness (QED) is 0.0836. The van der Waals surface area contributed by atoms with Gasteiger partial charge in [-0.05, 0) is 84.4 Å². The first kappa shape index (κ1) is 28.3. The van der Waals surface area contributed by atoms with Gasteiger partial charge in [-0.3, -0.25) is 9.52 Å². The van der Waals surface area contributed by atoms with Gasteiger partial charge in [0.2, 0.25) is 0 Å². The van der Waals surface area contributed by atoms with Gasteiger partial charge in [0.05, 0.1) is 16.1 Å².